The van der Waals surface area contributed by atoms with Crippen molar-refractivity contribution in [1.82, 2.24) is 19.7 Å². The molecule has 1 saturated carbocycles. The monoisotopic (exact) mass is 399 g/mol. The number of nitrogens with two attached hydrogens (primary N) is 1. The third kappa shape index (κ3) is 4.00. The van der Waals surface area contributed by atoms with Gasteiger partial charge in [0.2, 0.25) is 5.95 Å². The number of anilines is 2. The molecule has 2 atom stereocenters. The molecule has 2 aliphatic rings. The van der Waals surface area contributed by atoms with Gasteiger partial charge in [0.25, 0.3) is 5.91 Å². The first kappa shape index (κ1) is 19.5. The summed E-state index contributed by atoms with van der Waals surface area (Å²) in [7, 11) is 0. The molecule has 0 aromatic carbocycles. The minimum absolute atomic E-state index is 0.205. The normalized spacial score (nSPS) is 24.2. The number of amides is 1. The van der Waals surface area contributed by atoms with Crippen LogP contribution < -0.4 is 11.1 Å². The topological polar surface area (TPSA) is 113 Å². The first-order chi connectivity index (χ1) is 13.7. The van der Waals surface area contributed by atoms with Crippen LogP contribution in [0, 0.1) is 16.8 Å². The van der Waals surface area contributed by atoms with Crippen LogP contribution in [0.3, 0.4) is 0 Å². The highest BCUT2D eigenvalue weighted by molar-refractivity contribution is 5.98. The fourth-order valence-electron chi connectivity index (χ4n) is 4.37. The van der Waals surface area contributed by atoms with E-state index in [1.807, 2.05) is 0 Å². The number of rotatable bonds is 5. The van der Waals surface area contributed by atoms with Gasteiger partial charge in [-0.3, -0.25) is 14.4 Å². The lowest BCUT2D eigenvalue weighted by Gasteiger charge is -2.51. The molecule has 1 aliphatic heterocycles. The number of likely N-dealkylation sites (tertiary alicyclic amines) is 1. The van der Waals surface area contributed by atoms with Crippen LogP contribution in [-0.2, 0) is 0 Å². The summed E-state index contributed by atoms with van der Waals surface area (Å²) in [5.74, 6) is -1.01. The number of halogens is 1. The van der Waals surface area contributed by atoms with E-state index in [-0.39, 0.29) is 17.4 Å². The van der Waals surface area contributed by atoms with E-state index in [9.17, 15) is 9.18 Å². The zero-order chi connectivity index (χ0) is 20.8. The zero-order valence-corrected chi connectivity index (χ0v) is 16.7. The van der Waals surface area contributed by atoms with Gasteiger partial charge in [0.1, 0.15) is 5.56 Å². The molecule has 0 unspecified atom stereocenters. The summed E-state index contributed by atoms with van der Waals surface area (Å²) in [4.78, 5) is 17.9. The van der Waals surface area contributed by atoms with Crippen molar-refractivity contribution in [3.8, 4) is 0 Å². The Morgan fingerprint density at radius 3 is 2.76 bits per heavy atom. The van der Waals surface area contributed by atoms with Gasteiger partial charge >= 0.3 is 0 Å². The molecule has 29 heavy (non-hydrogen) atoms. The van der Waals surface area contributed by atoms with E-state index in [1.54, 1.807) is 16.9 Å². The molecule has 1 saturated heterocycles. The van der Waals surface area contributed by atoms with Crippen LogP contribution in [0.4, 0.5) is 15.9 Å². The summed E-state index contributed by atoms with van der Waals surface area (Å²) >= 11 is 0. The summed E-state index contributed by atoms with van der Waals surface area (Å²) in [5, 5.41) is 16.0. The first-order valence-electron chi connectivity index (χ1n) is 9.81. The third-order valence-corrected chi connectivity index (χ3v) is 5.72. The van der Waals surface area contributed by atoms with Crippen molar-refractivity contribution in [2.45, 2.75) is 45.2 Å². The Labute approximate surface area is 168 Å². The fraction of sp³-hybridized carbons (Fsp3) is 0.500. The van der Waals surface area contributed by atoms with Gasteiger partial charge < -0.3 is 16.5 Å². The minimum atomic E-state index is -0.635. The maximum atomic E-state index is 13.4. The van der Waals surface area contributed by atoms with E-state index in [2.05, 4.69) is 34.1 Å². The predicted octanol–water partition coefficient (Wildman–Crippen LogP) is 2.71. The Morgan fingerprint density at radius 2 is 2.14 bits per heavy atom. The van der Waals surface area contributed by atoms with Crippen LogP contribution >= 0.6 is 0 Å². The van der Waals surface area contributed by atoms with Crippen molar-refractivity contribution in [3.63, 3.8) is 0 Å². The molecular formula is C20H26FN7O. The molecule has 4 N–H and O–H groups in total. The summed E-state index contributed by atoms with van der Waals surface area (Å²) in [6.07, 6.45) is 5.36. The van der Waals surface area contributed by atoms with E-state index in [1.165, 1.54) is 12.3 Å². The van der Waals surface area contributed by atoms with Gasteiger partial charge in [0.15, 0.2) is 5.82 Å². The van der Waals surface area contributed by atoms with E-state index >= 15 is 0 Å². The molecule has 0 radical (unpaired) electrons. The summed E-state index contributed by atoms with van der Waals surface area (Å²) in [5.41, 5.74) is 7.11. The molecule has 2 aromatic rings. The molecule has 0 bridgehead atoms. The molecule has 1 amide bonds. The molecule has 0 spiro atoms. The number of primary amides is 1. The van der Waals surface area contributed by atoms with Crippen LogP contribution in [0.1, 0.15) is 49.5 Å². The molecule has 154 valence electrons. The average Bonchev–Trinajstić information content (AvgIpc) is 3.03. The third-order valence-electron chi connectivity index (χ3n) is 5.72. The maximum Gasteiger partial charge on any atom is 0.254 e. The number of carbonyl (C=O) groups excluding carboxylic acids is 1. The molecule has 3 heterocycles. The first-order valence-corrected chi connectivity index (χ1v) is 9.81. The minimum Gasteiger partial charge on any atom is -0.365 e. The fourth-order valence-corrected chi connectivity index (χ4v) is 4.37. The molecule has 2 fully saturated rings. The standard InChI is InChI=1S/C20H26FN7O/c1-20(2)10-27(11-20)13-3-4-16(15(22)8-13)28-9-14(18(23)29)19(26-28)25-12-5-6-24-17(21)7-12/h5-7,9,13,16,22H,3-4,8,10-11H2,1-2H3,(H2,23,29)(H,24,25,26)/t13-,16+/m1/s1. The quantitative estimate of drug-likeness (QED) is 0.669. The number of hydrogen-bond acceptors (Lipinski definition) is 6. The van der Waals surface area contributed by atoms with Crippen molar-refractivity contribution in [2.24, 2.45) is 11.1 Å². The summed E-state index contributed by atoms with van der Waals surface area (Å²) in [6, 6.07) is 2.99. The van der Waals surface area contributed by atoms with Gasteiger partial charge in [-0.15, -0.1) is 0 Å². The van der Waals surface area contributed by atoms with Crippen LogP contribution in [-0.4, -0.2) is 50.4 Å². The Bertz CT molecular complexity index is 946. The average molecular weight is 399 g/mol. The Morgan fingerprint density at radius 1 is 1.38 bits per heavy atom. The number of nitrogens with one attached hydrogen (secondary N) is 2. The smallest absolute Gasteiger partial charge is 0.254 e. The van der Waals surface area contributed by atoms with Gasteiger partial charge in [-0.2, -0.15) is 9.49 Å². The number of aromatic nitrogens is 3. The highest BCUT2D eigenvalue weighted by atomic mass is 19.1. The van der Waals surface area contributed by atoms with Crippen LogP contribution in [0.2, 0.25) is 0 Å². The highest BCUT2D eigenvalue weighted by Gasteiger charge is 2.41. The lowest BCUT2D eigenvalue weighted by atomic mass is 9.79. The molecule has 4 rings (SSSR count). The number of nitrogens with zero attached hydrogens (tertiary/aromatic N) is 4. The number of pyridine rings is 1. The van der Waals surface area contributed by atoms with Gasteiger partial charge in [-0.25, -0.2) is 4.98 Å². The second-order valence-electron chi connectivity index (χ2n) is 8.77. The summed E-state index contributed by atoms with van der Waals surface area (Å²) < 4.78 is 15.0. The van der Waals surface area contributed by atoms with E-state index < -0.39 is 11.9 Å². The molecule has 9 heteroatoms. The number of carbonyl (C=O) groups is 1. The van der Waals surface area contributed by atoms with E-state index in [4.69, 9.17) is 11.1 Å². The second-order valence-corrected chi connectivity index (χ2v) is 8.77. The van der Waals surface area contributed by atoms with Crippen LogP contribution in [0.25, 0.3) is 0 Å². The van der Waals surface area contributed by atoms with Crippen LogP contribution in [0.5, 0.6) is 0 Å². The van der Waals surface area contributed by atoms with Gasteiger partial charge in [0, 0.05) is 55.4 Å². The van der Waals surface area contributed by atoms with Crippen molar-refractivity contribution in [2.75, 3.05) is 18.4 Å². The predicted molar refractivity (Wildman–Crippen MR) is 108 cm³/mol. The van der Waals surface area contributed by atoms with Crippen molar-refractivity contribution in [3.05, 3.63) is 36.0 Å². The van der Waals surface area contributed by atoms with Crippen LogP contribution in [0.15, 0.2) is 24.5 Å². The van der Waals surface area contributed by atoms with Gasteiger partial charge in [-0.05, 0) is 24.3 Å². The van der Waals surface area contributed by atoms with E-state index in [0.29, 0.717) is 29.3 Å². The van der Waals surface area contributed by atoms with Crippen molar-refractivity contribution >= 4 is 23.1 Å². The van der Waals surface area contributed by atoms with E-state index in [0.717, 1.165) is 25.9 Å². The lowest BCUT2D eigenvalue weighted by Crippen LogP contribution is -2.58. The molecule has 2 aromatic heterocycles. The summed E-state index contributed by atoms with van der Waals surface area (Å²) in [6.45, 7) is 6.66. The van der Waals surface area contributed by atoms with Crippen molar-refractivity contribution < 1.29 is 9.18 Å². The van der Waals surface area contributed by atoms with Gasteiger partial charge in [-0.1, -0.05) is 13.8 Å². The Kier molecular flexibility index (Phi) is 4.85. The molecule has 8 nitrogen and oxygen atoms in total. The largest absolute Gasteiger partial charge is 0.365 e. The zero-order valence-electron chi connectivity index (χ0n) is 16.7. The highest BCUT2D eigenvalue weighted by Crippen LogP contribution is 2.37. The molecular weight excluding hydrogens is 373 g/mol. The Balaban J connectivity index is 1.50. The Hall–Kier alpha value is -2.81. The lowest BCUT2D eigenvalue weighted by molar-refractivity contribution is -0.0106. The van der Waals surface area contributed by atoms with Gasteiger partial charge in [0.05, 0.1) is 6.04 Å². The molecule has 1 aliphatic carbocycles. The second kappa shape index (κ2) is 7.22. The maximum absolute atomic E-state index is 13.4. The SMILES string of the molecule is CC1(C)CN([C@@H]2CC[C@H](n3cc(C(N)=O)c(Nc4ccnc(F)c4)n3)C(=N)C2)C1. The van der Waals surface area contributed by atoms with Crippen molar-refractivity contribution in [1.29, 1.82) is 5.41 Å². The number of hydrogen-bond donors (Lipinski definition) is 3.